The van der Waals surface area contributed by atoms with Crippen molar-refractivity contribution in [2.24, 2.45) is 5.92 Å². The van der Waals surface area contributed by atoms with Gasteiger partial charge in [0.15, 0.2) is 0 Å². The molecule has 1 unspecified atom stereocenters. The van der Waals surface area contributed by atoms with Gasteiger partial charge in [-0.2, -0.15) is 0 Å². The number of aromatic nitrogens is 1. The zero-order valence-corrected chi connectivity index (χ0v) is 17.2. The third-order valence-electron chi connectivity index (χ3n) is 5.18. The Bertz CT molecular complexity index is 751. The first-order valence-corrected chi connectivity index (χ1v) is 10.5. The number of methoxy groups -OCH3 is 1. The largest absolute Gasteiger partial charge is 0.497 e. The molecule has 0 bridgehead atoms. The Labute approximate surface area is 165 Å². The minimum absolute atomic E-state index is 0.0185. The van der Waals surface area contributed by atoms with Gasteiger partial charge in [0.1, 0.15) is 10.8 Å². The molecule has 0 spiro atoms. The van der Waals surface area contributed by atoms with Crippen LogP contribution in [0.25, 0.3) is 10.6 Å². The monoisotopic (exact) mass is 387 g/mol. The summed E-state index contributed by atoms with van der Waals surface area (Å²) in [6, 6.07) is 7.90. The van der Waals surface area contributed by atoms with E-state index in [4.69, 9.17) is 9.72 Å². The number of carbonyl (C=O) groups is 1. The van der Waals surface area contributed by atoms with Crippen LogP contribution in [0.3, 0.4) is 0 Å². The van der Waals surface area contributed by atoms with Crippen LogP contribution in [0.5, 0.6) is 5.75 Å². The van der Waals surface area contributed by atoms with Gasteiger partial charge in [-0.3, -0.25) is 4.79 Å². The Morgan fingerprint density at radius 2 is 2.04 bits per heavy atom. The molecular formula is C21H29N3O2S. The molecule has 0 radical (unpaired) electrons. The molecule has 2 aromatic rings. The number of hydrogen-bond donors (Lipinski definition) is 2. The molecular weight excluding hydrogens is 358 g/mol. The molecule has 6 heteroatoms. The fraction of sp³-hybridized carbons (Fsp3) is 0.524. The minimum Gasteiger partial charge on any atom is -0.497 e. The van der Waals surface area contributed by atoms with Gasteiger partial charge >= 0.3 is 0 Å². The number of thiazole rings is 1. The number of amides is 1. The third-order valence-corrected chi connectivity index (χ3v) is 6.57. The molecule has 2 N–H and O–H groups in total. The predicted octanol–water partition coefficient (Wildman–Crippen LogP) is 4.08. The number of carbonyl (C=O) groups excluding carboxylic acids is 1. The highest BCUT2D eigenvalue weighted by Crippen LogP contribution is 2.32. The second-order valence-corrected chi connectivity index (χ2v) is 8.25. The molecule has 1 aliphatic rings. The van der Waals surface area contributed by atoms with E-state index in [1.54, 1.807) is 18.4 Å². The van der Waals surface area contributed by atoms with Crippen molar-refractivity contribution in [3.8, 4) is 16.3 Å². The second-order valence-electron chi connectivity index (χ2n) is 7.22. The summed E-state index contributed by atoms with van der Waals surface area (Å²) in [6.07, 6.45) is 3.96. The molecule has 1 aromatic carbocycles. The summed E-state index contributed by atoms with van der Waals surface area (Å²) in [7, 11) is 1.66. The van der Waals surface area contributed by atoms with Crippen molar-refractivity contribution in [1.29, 1.82) is 0 Å². The van der Waals surface area contributed by atoms with Crippen molar-refractivity contribution < 1.29 is 9.53 Å². The molecule has 1 aliphatic heterocycles. The zero-order valence-electron chi connectivity index (χ0n) is 16.4. The van der Waals surface area contributed by atoms with Crippen LogP contribution < -0.4 is 15.4 Å². The lowest BCUT2D eigenvalue weighted by atomic mass is 9.93. The second kappa shape index (κ2) is 9.33. The molecule has 0 aliphatic carbocycles. The number of aryl methyl sites for hydroxylation is 1. The lowest BCUT2D eigenvalue weighted by Crippen LogP contribution is -2.30. The van der Waals surface area contributed by atoms with Gasteiger partial charge in [0.2, 0.25) is 5.91 Å². The first kappa shape index (κ1) is 19.8. The molecule has 0 saturated carbocycles. The van der Waals surface area contributed by atoms with E-state index in [0.717, 1.165) is 46.4 Å². The van der Waals surface area contributed by atoms with Crippen LogP contribution in [-0.2, 0) is 4.79 Å². The Morgan fingerprint density at radius 3 is 2.70 bits per heavy atom. The maximum Gasteiger partial charge on any atom is 0.220 e. The standard InChI is InChI=1S/C21H29N3O2S/c1-14(23-19(25)9-4-16-10-12-22-13-11-16)20-15(2)24-21(27-20)17-5-7-18(26-3)8-6-17/h5-8,14,16,22H,4,9-13H2,1-3H3,(H,23,25). The number of nitrogens with zero attached hydrogens (tertiary/aromatic N) is 1. The van der Waals surface area contributed by atoms with Crippen LogP contribution in [0.15, 0.2) is 24.3 Å². The third kappa shape index (κ3) is 5.30. The van der Waals surface area contributed by atoms with E-state index in [2.05, 4.69) is 10.6 Å². The molecule has 1 amide bonds. The van der Waals surface area contributed by atoms with Crippen LogP contribution in [0.2, 0.25) is 0 Å². The van der Waals surface area contributed by atoms with Crippen LogP contribution >= 0.6 is 11.3 Å². The first-order valence-electron chi connectivity index (χ1n) is 9.68. The molecule has 1 saturated heterocycles. The lowest BCUT2D eigenvalue weighted by Gasteiger charge is -2.22. The number of rotatable bonds is 7. The quantitative estimate of drug-likeness (QED) is 0.751. The SMILES string of the molecule is COc1ccc(-c2nc(C)c(C(C)NC(=O)CCC3CCNCC3)s2)cc1. The number of nitrogens with one attached hydrogen (secondary N) is 2. The van der Waals surface area contributed by atoms with Crippen LogP contribution in [-0.4, -0.2) is 31.1 Å². The number of hydrogen-bond acceptors (Lipinski definition) is 5. The summed E-state index contributed by atoms with van der Waals surface area (Å²) >= 11 is 1.65. The van der Waals surface area contributed by atoms with E-state index in [1.165, 1.54) is 12.8 Å². The highest BCUT2D eigenvalue weighted by molar-refractivity contribution is 7.15. The predicted molar refractivity (Wildman–Crippen MR) is 110 cm³/mol. The van der Waals surface area contributed by atoms with Gasteiger partial charge in [0.05, 0.1) is 23.7 Å². The van der Waals surface area contributed by atoms with Crippen molar-refractivity contribution in [2.45, 2.75) is 45.6 Å². The van der Waals surface area contributed by atoms with Crippen molar-refractivity contribution in [3.63, 3.8) is 0 Å². The highest BCUT2D eigenvalue weighted by Gasteiger charge is 2.19. The Balaban J connectivity index is 1.58. The van der Waals surface area contributed by atoms with Crippen LogP contribution in [0, 0.1) is 12.8 Å². The smallest absolute Gasteiger partial charge is 0.220 e. The van der Waals surface area contributed by atoms with Gasteiger partial charge in [0.25, 0.3) is 0 Å². The lowest BCUT2D eigenvalue weighted by molar-refractivity contribution is -0.122. The van der Waals surface area contributed by atoms with Crippen molar-refractivity contribution in [1.82, 2.24) is 15.6 Å². The molecule has 1 aromatic heterocycles. The van der Waals surface area contributed by atoms with Gasteiger partial charge in [-0.15, -0.1) is 11.3 Å². The summed E-state index contributed by atoms with van der Waals surface area (Å²) in [5.74, 6) is 1.65. The van der Waals surface area contributed by atoms with Crippen molar-refractivity contribution in [2.75, 3.05) is 20.2 Å². The van der Waals surface area contributed by atoms with E-state index in [0.29, 0.717) is 12.3 Å². The maximum atomic E-state index is 12.4. The van der Waals surface area contributed by atoms with Crippen molar-refractivity contribution >= 4 is 17.2 Å². The fourth-order valence-corrected chi connectivity index (χ4v) is 4.63. The molecule has 1 fully saturated rings. The number of benzene rings is 1. The molecule has 1 atom stereocenters. The van der Waals surface area contributed by atoms with Crippen molar-refractivity contribution in [3.05, 3.63) is 34.8 Å². The summed E-state index contributed by atoms with van der Waals surface area (Å²) < 4.78 is 5.21. The van der Waals surface area contributed by atoms with Gasteiger partial charge in [-0.25, -0.2) is 4.98 Å². The molecule has 146 valence electrons. The van der Waals surface area contributed by atoms with Crippen LogP contribution in [0.1, 0.15) is 49.2 Å². The molecule has 5 nitrogen and oxygen atoms in total. The fourth-order valence-electron chi connectivity index (χ4n) is 3.55. The average molecular weight is 388 g/mol. The Kier molecular flexibility index (Phi) is 6.85. The van der Waals surface area contributed by atoms with Crippen LogP contribution in [0.4, 0.5) is 0 Å². The Morgan fingerprint density at radius 1 is 1.33 bits per heavy atom. The number of piperidine rings is 1. The molecule has 2 heterocycles. The van der Waals surface area contributed by atoms with E-state index in [1.807, 2.05) is 38.1 Å². The topological polar surface area (TPSA) is 63.2 Å². The zero-order chi connectivity index (χ0) is 19.2. The van der Waals surface area contributed by atoms with Gasteiger partial charge in [0, 0.05) is 12.0 Å². The Hall–Kier alpha value is -1.92. The molecule has 27 heavy (non-hydrogen) atoms. The summed E-state index contributed by atoms with van der Waals surface area (Å²) in [5, 5.41) is 7.50. The normalized spacial score (nSPS) is 16.1. The van der Waals surface area contributed by atoms with E-state index in [-0.39, 0.29) is 11.9 Å². The summed E-state index contributed by atoms with van der Waals surface area (Å²) in [5.41, 5.74) is 2.05. The van der Waals surface area contributed by atoms with E-state index >= 15 is 0 Å². The summed E-state index contributed by atoms with van der Waals surface area (Å²) in [4.78, 5) is 18.2. The van der Waals surface area contributed by atoms with Gasteiger partial charge in [-0.1, -0.05) is 0 Å². The molecule has 3 rings (SSSR count). The van der Waals surface area contributed by atoms with Gasteiger partial charge in [-0.05, 0) is 76.4 Å². The average Bonchev–Trinajstić information content (AvgIpc) is 3.09. The van der Waals surface area contributed by atoms with E-state index < -0.39 is 0 Å². The first-order chi connectivity index (χ1) is 13.1. The maximum absolute atomic E-state index is 12.4. The van der Waals surface area contributed by atoms with Gasteiger partial charge < -0.3 is 15.4 Å². The van der Waals surface area contributed by atoms with E-state index in [9.17, 15) is 4.79 Å². The highest BCUT2D eigenvalue weighted by atomic mass is 32.1. The summed E-state index contributed by atoms with van der Waals surface area (Å²) in [6.45, 7) is 6.21. The minimum atomic E-state index is -0.0185. The number of ether oxygens (including phenoxy) is 1.